The van der Waals surface area contributed by atoms with E-state index >= 15 is 0 Å². The van der Waals surface area contributed by atoms with Gasteiger partial charge in [0.05, 0.1) is 0 Å². The molecule has 4 nitrogen and oxygen atoms in total. The van der Waals surface area contributed by atoms with Crippen LogP contribution in [0, 0.1) is 5.92 Å². The molecule has 1 aromatic rings. The van der Waals surface area contributed by atoms with Crippen LogP contribution in [0.15, 0.2) is 30.3 Å². The van der Waals surface area contributed by atoms with Crippen molar-refractivity contribution >= 4 is 11.9 Å². The molecule has 0 aliphatic carbocycles. The second kappa shape index (κ2) is 4.35. The molecule has 1 N–H and O–H groups in total. The lowest BCUT2D eigenvalue weighted by Gasteiger charge is -2.36. The number of aliphatic carboxylic acids is 1. The molecule has 1 amide bonds. The number of carboxylic acids is 1. The van der Waals surface area contributed by atoms with Crippen molar-refractivity contribution in [2.24, 2.45) is 5.92 Å². The van der Waals surface area contributed by atoms with E-state index in [0.29, 0.717) is 13.1 Å². The third-order valence-corrected chi connectivity index (χ3v) is 2.82. The molecule has 1 aromatic carbocycles. The summed E-state index contributed by atoms with van der Waals surface area (Å²) in [5, 5.41) is 8.66. The second-order valence-corrected chi connectivity index (χ2v) is 3.91. The number of rotatable bonds is 4. The van der Waals surface area contributed by atoms with Crippen LogP contribution < -0.4 is 0 Å². The number of carboxylic acid groups (broad SMARTS) is 1. The van der Waals surface area contributed by atoms with Crippen molar-refractivity contribution in [2.45, 2.75) is 6.42 Å². The number of hydrogen-bond donors (Lipinski definition) is 1. The molecule has 4 heteroatoms. The molecule has 1 saturated heterocycles. The Hall–Kier alpha value is -1.84. The van der Waals surface area contributed by atoms with Crippen molar-refractivity contribution < 1.29 is 14.7 Å². The zero-order valence-corrected chi connectivity index (χ0v) is 8.80. The van der Waals surface area contributed by atoms with Crippen LogP contribution in [0.25, 0.3) is 0 Å². The average Bonchev–Trinajstić information content (AvgIpc) is 2.28. The van der Waals surface area contributed by atoms with E-state index in [1.165, 1.54) is 0 Å². The number of β-lactam (4-membered cyclic amide) rings is 1. The van der Waals surface area contributed by atoms with Gasteiger partial charge < -0.3 is 10.0 Å². The molecule has 1 aliphatic heterocycles. The van der Waals surface area contributed by atoms with E-state index in [0.717, 1.165) is 12.0 Å². The maximum atomic E-state index is 11.4. The van der Waals surface area contributed by atoms with Gasteiger partial charge in [-0.3, -0.25) is 9.59 Å². The number of nitrogens with zero attached hydrogens (tertiary/aromatic N) is 1. The van der Waals surface area contributed by atoms with Crippen molar-refractivity contribution in [1.29, 1.82) is 0 Å². The lowest BCUT2D eigenvalue weighted by atomic mass is 9.98. The number of amides is 1. The topological polar surface area (TPSA) is 57.6 Å². The Kier molecular flexibility index (Phi) is 2.90. The summed E-state index contributed by atoms with van der Waals surface area (Å²) in [5.41, 5.74) is 1.16. The van der Waals surface area contributed by atoms with E-state index in [2.05, 4.69) is 0 Å². The third kappa shape index (κ3) is 2.05. The summed E-state index contributed by atoms with van der Waals surface area (Å²) in [4.78, 5) is 23.5. The van der Waals surface area contributed by atoms with Crippen LogP contribution in [0.3, 0.4) is 0 Å². The SMILES string of the molecule is O=C(O)C1CN(CCc2ccccc2)C1=O. The number of likely N-dealkylation sites (tertiary alicyclic amines) is 1. The molecule has 1 unspecified atom stereocenters. The Morgan fingerprint density at radius 1 is 1.38 bits per heavy atom. The molecule has 0 bridgehead atoms. The highest BCUT2D eigenvalue weighted by atomic mass is 16.4. The Labute approximate surface area is 93.5 Å². The van der Waals surface area contributed by atoms with Gasteiger partial charge in [0.15, 0.2) is 5.92 Å². The fraction of sp³-hybridized carbons (Fsp3) is 0.333. The molecule has 0 aromatic heterocycles. The van der Waals surface area contributed by atoms with Gasteiger partial charge in [-0.2, -0.15) is 0 Å². The summed E-state index contributed by atoms with van der Waals surface area (Å²) in [5.74, 6) is -2.08. The molecule has 16 heavy (non-hydrogen) atoms. The molecule has 1 heterocycles. The Balaban J connectivity index is 1.81. The number of carbonyl (C=O) groups is 2. The molecule has 1 atom stereocenters. The van der Waals surface area contributed by atoms with Crippen LogP contribution in [0.5, 0.6) is 0 Å². The summed E-state index contributed by atoms with van der Waals surface area (Å²) in [6, 6.07) is 9.84. The van der Waals surface area contributed by atoms with Gasteiger partial charge in [0.1, 0.15) is 0 Å². The molecular formula is C12H13NO3. The highest BCUT2D eigenvalue weighted by Crippen LogP contribution is 2.18. The van der Waals surface area contributed by atoms with Gasteiger partial charge >= 0.3 is 5.97 Å². The summed E-state index contributed by atoms with van der Waals surface area (Å²) >= 11 is 0. The van der Waals surface area contributed by atoms with Crippen molar-refractivity contribution in [3.8, 4) is 0 Å². The predicted molar refractivity (Wildman–Crippen MR) is 57.9 cm³/mol. The molecule has 0 radical (unpaired) electrons. The lowest BCUT2D eigenvalue weighted by molar-refractivity contribution is -0.161. The van der Waals surface area contributed by atoms with E-state index in [-0.39, 0.29) is 5.91 Å². The first kappa shape index (κ1) is 10.7. The summed E-state index contributed by atoms with van der Waals surface area (Å²) in [7, 11) is 0. The summed E-state index contributed by atoms with van der Waals surface area (Å²) in [6.45, 7) is 0.952. The predicted octanol–water partition coefficient (Wildman–Crippen LogP) is 0.772. The zero-order valence-electron chi connectivity index (χ0n) is 8.80. The highest BCUT2D eigenvalue weighted by molar-refractivity contribution is 6.01. The minimum absolute atomic E-state index is 0.261. The van der Waals surface area contributed by atoms with Gasteiger partial charge in [-0.1, -0.05) is 30.3 Å². The van der Waals surface area contributed by atoms with Crippen LogP contribution in [-0.4, -0.2) is 35.0 Å². The molecule has 0 spiro atoms. The normalized spacial score (nSPS) is 19.4. The van der Waals surface area contributed by atoms with Gasteiger partial charge in [0.2, 0.25) is 5.91 Å². The van der Waals surface area contributed by atoms with Crippen molar-refractivity contribution in [1.82, 2.24) is 4.90 Å². The van der Waals surface area contributed by atoms with E-state index < -0.39 is 11.9 Å². The quantitative estimate of drug-likeness (QED) is 0.601. The van der Waals surface area contributed by atoms with Crippen LogP contribution in [0.1, 0.15) is 5.56 Å². The first-order valence-corrected chi connectivity index (χ1v) is 5.24. The van der Waals surface area contributed by atoms with Crippen molar-refractivity contribution in [3.05, 3.63) is 35.9 Å². The highest BCUT2D eigenvalue weighted by Gasteiger charge is 2.41. The summed E-state index contributed by atoms with van der Waals surface area (Å²) < 4.78 is 0. The minimum atomic E-state index is -1.01. The van der Waals surface area contributed by atoms with E-state index in [1.54, 1.807) is 4.90 Å². The van der Waals surface area contributed by atoms with Crippen molar-refractivity contribution in [2.75, 3.05) is 13.1 Å². The fourth-order valence-corrected chi connectivity index (χ4v) is 1.79. The maximum Gasteiger partial charge on any atom is 0.317 e. The van der Waals surface area contributed by atoms with Gasteiger partial charge in [0, 0.05) is 13.1 Å². The van der Waals surface area contributed by atoms with E-state index in [1.807, 2.05) is 30.3 Å². The fourth-order valence-electron chi connectivity index (χ4n) is 1.79. The maximum absolute atomic E-state index is 11.4. The van der Waals surface area contributed by atoms with Gasteiger partial charge in [-0.15, -0.1) is 0 Å². The largest absolute Gasteiger partial charge is 0.481 e. The van der Waals surface area contributed by atoms with E-state index in [4.69, 9.17) is 5.11 Å². The van der Waals surface area contributed by atoms with Crippen LogP contribution in [-0.2, 0) is 16.0 Å². The standard InChI is InChI=1S/C12H13NO3/c14-11-10(12(15)16)8-13(11)7-6-9-4-2-1-3-5-9/h1-5,10H,6-8H2,(H,15,16). The first-order chi connectivity index (χ1) is 7.68. The summed E-state index contributed by atoms with van der Waals surface area (Å²) in [6.07, 6.45) is 0.777. The van der Waals surface area contributed by atoms with Crippen LogP contribution >= 0.6 is 0 Å². The molecule has 0 saturated carbocycles. The molecular weight excluding hydrogens is 206 g/mol. The zero-order chi connectivity index (χ0) is 11.5. The van der Waals surface area contributed by atoms with Gasteiger partial charge in [-0.05, 0) is 12.0 Å². The van der Waals surface area contributed by atoms with E-state index in [9.17, 15) is 9.59 Å². The number of carbonyl (C=O) groups excluding carboxylic acids is 1. The molecule has 2 rings (SSSR count). The van der Waals surface area contributed by atoms with Gasteiger partial charge in [0.25, 0.3) is 0 Å². The Morgan fingerprint density at radius 3 is 2.62 bits per heavy atom. The minimum Gasteiger partial charge on any atom is -0.481 e. The van der Waals surface area contributed by atoms with Gasteiger partial charge in [-0.25, -0.2) is 0 Å². The van der Waals surface area contributed by atoms with Crippen LogP contribution in [0.2, 0.25) is 0 Å². The van der Waals surface area contributed by atoms with Crippen LogP contribution in [0.4, 0.5) is 0 Å². The Morgan fingerprint density at radius 2 is 2.06 bits per heavy atom. The smallest absolute Gasteiger partial charge is 0.317 e. The first-order valence-electron chi connectivity index (χ1n) is 5.24. The Bertz CT molecular complexity index is 402. The monoisotopic (exact) mass is 219 g/mol. The molecule has 84 valence electrons. The number of benzene rings is 1. The van der Waals surface area contributed by atoms with Crippen molar-refractivity contribution in [3.63, 3.8) is 0 Å². The molecule has 1 aliphatic rings. The molecule has 1 fully saturated rings. The third-order valence-electron chi connectivity index (χ3n) is 2.82. The number of hydrogen-bond acceptors (Lipinski definition) is 2. The average molecular weight is 219 g/mol. The lowest BCUT2D eigenvalue weighted by Crippen LogP contribution is -2.56. The second-order valence-electron chi connectivity index (χ2n) is 3.91.